The molecule has 0 saturated carbocycles. The standard InChI is InChI=1S/C19H23NO2/c1-2-21-17-10-6-7-11-18(17)22-19(16-12-13-20-14-16)15-8-4-3-5-9-15/h3-11,16,19-20H,2,12-14H2,1H3. The van der Waals surface area contributed by atoms with Crippen LogP contribution in [0.25, 0.3) is 0 Å². The molecule has 22 heavy (non-hydrogen) atoms. The summed E-state index contributed by atoms with van der Waals surface area (Å²) in [5, 5.41) is 3.44. The molecular formula is C19H23NO2. The summed E-state index contributed by atoms with van der Waals surface area (Å²) in [6, 6.07) is 18.4. The molecule has 2 unspecified atom stereocenters. The average molecular weight is 297 g/mol. The Morgan fingerprint density at radius 2 is 1.77 bits per heavy atom. The molecule has 3 heteroatoms. The van der Waals surface area contributed by atoms with Gasteiger partial charge in [-0.25, -0.2) is 0 Å². The average Bonchev–Trinajstić information content (AvgIpc) is 3.09. The molecule has 1 fully saturated rings. The first kappa shape index (κ1) is 14.9. The van der Waals surface area contributed by atoms with E-state index < -0.39 is 0 Å². The maximum absolute atomic E-state index is 6.40. The van der Waals surface area contributed by atoms with Gasteiger partial charge in [-0.1, -0.05) is 42.5 Å². The molecule has 2 atom stereocenters. The fraction of sp³-hybridized carbons (Fsp3) is 0.368. The Morgan fingerprint density at radius 3 is 2.45 bits per heavy atom. The van der Waals surface area contributed by atoms with Gasteiger partial charge in [0.25, 0.3) is 0 Å². The predicted molar refractivity (Wildman–Crippen MR) is 88.4 cm³/mol. The van der Waals surface area contributed by atoms with Gasteiger partial charge in [0.1, 0.15) is 6.10 Å². The number of hydrogen-bond acceptors (Lipinski definition) is 3. The molecule has 1 aliphatic heterocycles. The molecule has 1 N–H and O–H groups in total. The van der Waals surface area contributed by atoms with E-state index in [1.807, 2.05) is 37.3 Å². The molecule has 1 heterocycles. The third kappa shape index (κ3) is 3.42. The maximum atomic E-state index is 6.40. The van der Waals surface area contributed by atoms with Crippen molar-refractivity contribution in [2.75, 3.05) is 19.7 Å². The number of benzene rings is 2. The lowest BCUT2D eigenvalue weighted by atomic mass is 9.95. The van der Waals surface area contributed by atoms with E-state index in [0.717, 1.165) is 31.0 Å². The van der Waals surface area contributed by atoms with Gasteiger partial charge in [-0.05, 0) is 37.6 Å². The minimum Gasteiger partial charge on any atom is -0.490 e. The molecule has 2 aromatic carbocycles. The van der Waals surface area contributed by atoms with Gasteiger partial charge in [-0.2, -0.15) is 0 Å². The zero-order valence-electron chi connectivity index (χ0n) is 13.0. The van der Waals surface area contributed by atoms with E-state index in [1.165, 1.54) is 5.56 Å². The van der Waals surface area contributed by atoms with Crippen LogP contribution in [0, 0.1) is 5.92 Å². The van der Waals surface area contributed by atoms with Crippen LogP contribution in [0.15, 0.2) is 54.6 Å². The van der Waals surface area contributed by atoms with Gasteiger partial charge in [0.05, 0.1) is 6.61 Å². The molecule has 3 rings (SSSR count). The molecule has 1 saturated heterocycles. The van der Waals surface area contributed by atoms with Crippen LogP contribution >= 0.6 is 0 Å². The summed E-state index contributed by atoms with van der Waals surface area (Å²) in [6.07, 6.45) is 1.19. The minimum absolute atomic E-state index is 0.0535. The molecule has 0 aliphatic carbocycles. The molecule has 0 aromatic heterocycles. The third-order valence-corrected chi connectivity index (χ3v) is 4.06. The van der Waals surface area contributed by atoms with E-state index in [9.17, 15) is 0 Å². The zero-order chi connectivity index (χ0) is 15.2. The summed E-state index contributed by atoms with van der Waals surface area (Å²) >= 11 is 0. The van der Waals surface area contributed by atoms with Crippen LogP contribution in [0.2, 0.25) is 0 Å². The lowest BCUT2D eigenvalue weighted by molar-refractivity contribution is 0.137. The lowest BCUT2D eigenvalue weighted by Crippen LogP contribution is -2.21. The second kappa shape index (κ2) is 7.32. The Kier molecular flexibility index (Phi) is 4.96. The fourth-order valence-electron chi connectivity index (χ4n) is 2.97. The van der Waals surface area contributed by atoms with Gasteiger partial charge in [0, 0.05) is 12.5 Å². The minimum atomic E-state index is 0.0535. The smallest absolute Gasteiger partial charge is 0.162 e. The summed E-state index contributed by atoms with van der Waals surface area (Å²) in [6.45, 7) is 4.69. The highest BCUT2D eigenvalue weighted by molar-refractivity contribution is 5.40. The molecule has 2 aromatic rings. The van der Waals surface area contributed by atoms with E-state index in [2.05, 4.69) is 29.6 Å². The fourth-order valence-corrected chi connectivity index (χ4v) is 2.97. The van der Waals surface area contributed by atoms with Crippen molar-refractivity contribution in [1.82, 2.24) is 5.32 Å². The van der Waals surface area contributed by atoms with Crippen molar-refractivity contribution in [2.24, 2.45) is 5.92 Å². The van der Waals surface area contributed by atoms with E-state index in [0.29, 0.717) is 12.5 Å². The first-order chi connectivity index (χ1) is 10.9. The third-order valence-electron chi connectivity index (χ3n) is 4.06. The first-order valence-corrected chi connectivity index (χ1v) is 8.02. The van der Waals surface area contributed by atoms with Gasteiger partial charge < -0.3 is 14.8 Å². The quantitative estimate of drug-likeness (QED) is 0.879. The van der Waals surface area contributed by atoms with Crippen molar-refractivity contribution in [2.45, 2.75) is 19.4 Å². The Morgan fingerprint density at radius 1 is 1.05 bits per heavy atom. The van der Waals surface area contributed by atoms with E-state index in [1.54, 1.807) is 0 Å². The van der Waals surface area contributed by atoms with Gasteiger partial charge in [-0.15, -0.1) is 0 Å². The SMILES string of the molecule is CCOc1ccccc1OC(c1ccccc1)C1CCNC1. The van der Waals surface area contributed by atoms with Crippen molar-refractivity contribution in [3.8, 4) is 11.5 Å². The number of rotatable bonds is 6. The molecule has 0 bridgehead atoms. The van der Waals surface area contributed by atoms with Crippen LogP contribution < -0.4 is 14.8 Å². The number of para-hydroxylation sites is 2. The summed E-state index contributed by atoms with van der Waals surface area (Å²) in [5.74, 6) is 2.12. The molecule has 0 spiro atoms. The van der Waals surface area contributed by atoms with E-state index in [-0.39, 0.29) is 6.10 Å². The molecule has 3 nitrogen and oxygen atoms in total. The van der Waals surface area contributed by atoms with Crippen LogP contribution in [0.3, 0.4) is 0 Å². The zero-order valence-corrected chi connectivity index (χ0v) is 13.0. The largest absolute Gasteiger partial charge is 0.490 e. The van der Waals surface area contributed by atoms with Crippen molar-refractivity contribution >= 4 is 0 Å². The number of hydrogen-bond donors (Lipinski definition) is 1. The monoisotopic (exact) mass is 297 g/mol. The van der Waals surface area contributed by atoms with E-state index in [4.69, 9.17) is 9.47 Å². The Hall–Kier alpha value is -2.00. The van der Waals surface area contributed by atoms with Crippen molar-refractivity contribution < 1.29 is 9.47 Å². The molecular weight excluding hydrogens is 274 g/mol. The van der Waals surface area contributed by atoms with Crippen LogP contribution in [0.1, 0.15) is 25.0 Å². The van der Waals surface area contributed by atoms with Crippen LogP contribution in [-0.4, -0.2) is 19.7 Å². The highest BCUT2D eigenvalue weighted by Crippen LogP contribution is 2.36. The van der Waals surface area contributed by atoms with Crippen LogP contribution in [0.4, 0.5) is 0 Å². The number of nitrogens with one attached hydrogen (secondary N) is 1. The van der Waals surface area contributed by atoms with Gasteiger partial charge >= 0.3 is 0 Å². The van der Waals surface area contributed by atoms with Crippen molar-refractivity contribution in [3.05, 3.63) is 60.2 Å². The predicted octanol–water partition coefficient (Wildman–Crippen LogP) is 3.81. The van der Waals surface area contributed by atoms with Gasteiger partial charge in [-0.3, -0.25) is 0 Å². The highest BCUT2D eigenvalue weighted by Gasteiger charge is 2.28. The number of ether oxygens (including phenoxy) is 2. The summed E-state index contributed by atoms with van der Waals surface area (Å²) < 4.78 is 12.1. The van der Waals surface area contributed by atoms with Gasteiger partial charge in [0.2, 0.25) is 0 Å². The second-order valence-corrected chi connectivity index (χ2v) is 5.58. The van der Waals surface area contributed by atoms with Crippen LogP contribution in [0.5, 0.6) is 11.5 Å². The molecule has 0 radical (unpaired) electrons. The van der Waals surface area contributed by atoms with Crippen molar-refractivity contribution in [1.29, 1.82) is 0 Å². The molecule has 1 aliphatic rings. The molecule has 0 amide bonds. The maximum Gasteiger partial charge on any atom is 0.162 e. The summed E-state index contributed by atoms with van der Waals surface area (Å²) in [7, 11) is 0. The van der Waals surface area contributed by atoms with Crippen molar-refractivity contribution in [3.63, 3.8) is 0 Å². The van der Waals surface area contributed by atoms with Gasteiger partial charge in [0.15, 0.2) is 11.5 Å². The normalized spacial score (nSPS) is 18.9. The highest BCUT2D eigenvalue weighted by atomic mass is 16.5. The molecule has 116 valence electrons. The lowest BCUT2D eigenvalue weighted by Gasteiger charge is -2.26. The second-order valence-electron chi connectivity index (χ2n) is 5.58. The summed E-state index contributed by atoms with van der Waals surface area (Å²) in [4.78, 5) is 0. The Labute approximate surface area is 132 Å². The summed E-state index contributed by atoms with van der Waals surface area (Å²) in [5.41, 5.74) is 1.22. The Balaban J connectivity index is 1.87. The first-order valence-electron chi connectivity index (χ1n) is 8.02. The topological polar surface area (TPSA) is 30.5 Å². The van der Waals surface area contributed by atoms with E-state index >= 15 is 0 Å². The van der Waals surface area contributed by atoms with Crippen LogP contribution in [-0.2, 0) is 0 Å². The Bertz CT molecular complexity index is 579.